The minimum atomic E-state index is -1.40. The first kappa shape index (κ1) is 26.1. The van der Waals surface area contributed by atoms with Gasteiger partial charge in [0.25, 0.3) is 5.91 Å². The minimum absolute atomic E-state index is 0.240. The smallest absolute Gasteiger partial charge is 0.303 e. The van der Waals surface area contributed by atoms with Crippen molar-refractivity contribution in [2.45, 2.75) is 39.1 Å². The van der Waals surface area contributed by atoms with Crippen LogP contribution >= 0.6 is 0 Å². The van der Waals surface area contributed by atoms with Crippen LogP contribution in [0.2, 0.25) is 0 Å². The maximum Gasteiger partial charge on any atom is 0.303 e. The van der Waals surface area contributed by atoms with Crippen LogP contribution in [0.15, 0.2) is 67.0 Å². The highest BCUT2D eigenvalue weighted by Gasteiger charge is 2.40. The van der Waals surface area contributed by atoms with Crippen molar-refractivity contribution in [3.05, 3.63) is 83.8 Å². The molecule has 0 radical (unpaired) electrons. The van der Waals surface area contributed by atoms with Crippen LogP contribution in [0.1, 0.15) is 36.8 Å². The number of aromatic nitrogens is 2. The molecular weight excluding hydrogens is 498 g/mol. The number of para-hydroxylation sites is 1. The summed E-state index contributed by atoms with van der Waals surface area (Å²) >= 11 is 0. The van der Waals surface area contributed by atoms with E-state index in [0.717, 1.165) is 24.2 Å². The molecule has 5 rings (SSSR count). The Morgan fingerprint density at radius 1 is 0.769 bits per heavy atom. The number of piperazine rings is 1. The number of esters is 2. The van der Waals surface area contributed by atoms with Crippen LogP contribution in [0.4, 0.5) is 11.5 Å². The lowest BCUT2D eigenvalue weighted by Crippen LogP contribution is -2.47. The van der Waals surface area contributed by atoms with E-state index < -0.39 is 30.1 Å². The molecule has 39 heavy (non-hydrogen) atoms. The van der Waals surface area contributed by atoms with Crippen molar-refractivity contribution < 1.29 is 23.9 Å². The van der Waals surface area contributed by atoms with Gasteiger partial charge >= 0.3 is 11.9 Å². The predicted molar refractivity (Wildman–Crippen MR) is 144 cm³/mol. The fourth-order valence-corrected chi connectivity index (χ4v) is 5.04. The highest BCUT2D eigenvalue weighted by Crippen LogP contribution is 2.30. The predicted octanol–water partition coefficient (Wildman–Crippen LogP) is 2.88. The highest BCUT2D eigenvalue weighted by molar-refractivity contribution is 5.85. The number of rotatable bonds is 7. The Morgan fingerprint density at radius 2 is 1.36 bits per heavy atom. The van der Waals surface area contributed by atoms with Gasteiger partial charge in [0.1, 0.15) is 11.5 Å². The summed E-state index contributed by atoms with van der Waals surface area (Å²) in [6.45, 7) is 6.23. The zero-order valence-electron chi connectivity index (χ0n) is 22.0. The maximum absolute atomic E-state index is 13.7. The van der Waals surface area contributed by atoms with Crippen LogP contribution in [-0.2, 0) is 36.9 Å². The standard InChI is InChI=1S/C29H31N5O5/c1-20(35)38-27(28(39-21(2)36)29(37)34-18-22-8-6-7-9-23(22)19-34)25-16-30-17-26(31-25)33-14-12-32(13-15-33)24-10-4-3-5-11-24/h3-11,16-17,27-28H,12-15,18-19H2,1-2H3/t27-,28+/m0/s1. The highest BCUT2D eigenvalue weighted by atomic mass is 16.6. The van der Waals surface area contributed by atoms with E-state index in [2.05, 4.69) is 26.9 Å². The fraction of sp³-hybridized carbons (Fsp3) is 0.345. The molecule has 2 aliphatic rings. The molecule has 0 spiro atoms. The number of carbonyl (C=O) groups is 3. The van der Waals surface area contributed by atoms with Crippen molar-refractivity contribution >= 4 is 29.4 Å². The van der Waals surface area contributed by atoms with Crippen molar-refractivity contribution in [1.29, 1.82) is 0 Å². The largest absolute Gasteiger partial charge is 0.451 e. The Balaban J connectivity index is 1.37. The minimum Gasteiger partial charge on any atom is -0.451 e. The monoisotopic (exact) mass is 529 g/mol. The molecule has 0 aliphatic carbocycles. The first-order chi connectivity index (χ1) is 18.9. The fourth-order valence-electron chi connectivity index (χ4n) is 5.04. The summed E-state index contributed by atoms with van der Waals surface area (Å²) in [5, 5.41) is 0. The zero-order chi connectivity index (χ0) is 27.4. The molecule has 1 saturated heterocycles. The number of benzene rings is 2. The van der Waals surface area contributed by atoms with E-state index in [9.17, 15) is 14.4 Å². The van der Waals surface area contributed by atoms with E-state index in [-0.39, 0.29) is 5.69 Å². The van der Waals surface area contributed by atoms with Gasteiger partial charge in [0.05, 0.1) is 12.4 Å². The van der Waals surface area contributed by atoms with Gasteiger partial charge in [-0.2, -0.15) is 0 Å². The molecule has 0 saturated carbocycles. The molecule has 0 unspecified atom stereocenters. The molecule has 1 fully saturated rings. The molecule has 10 heteroatoms. The molecule has 3 aromatic rings. The number of ether oxygens (including phenoxy) is 2. The van der Waals surface area contributed by atoms with E-state index in [1.807, 2.05) is 42.5 Å². The molecule has 2 atom stereocenters. The number of fused-ring (bicyclic) bond motifs is 1. The van der Waals surface area contributed by atoms with Crippen LogP contribution in [0.25, 0.3) is 0 Å². The molecule has 3 heterocycles. The summed E-state index contributed by atoms with van der Waals surface area (Å²) in [6, 6.07) is 18.0. The number of anilines is 2. The molecule has 2 aliphatic heterocycles. The third-order valence-corrected chi connectivity index (χ3v) is 6.91. The Morgan fingerprint density at radius 3 is 1.97 bits per heavy atom. The van der Waals surface area contributed by atoms with Gasteiger partial charge in [-0.25, -0.2) is 4.98 Å². The molecule has 202 valence electrons. The number of hydrogen-bond donors (Lipinski definition) is 0. The first-order valence-corrected chi connectivity index (χ1v) is 13.0. The summed E-state index contributed by atoms with van der Waals surface area (Å²) < 4.78 is 11.1. The Kier molecular flexibility index (Phi) is 7.72. The number of amides is 1. The Hall–Kier alpha value is -4.47. The molecule has 0 bridgehead atoms. The third kappa shape index (κ3) is 6.00. The SMILES string of the molecule is CC(=O)O[C@@H](C(=O)N1Cc2ccccc2C1)[C@@H](OC(C)=O)c1cncc(N2CCN(c3ccccc3)CC2)n1. The van der Waals surface area contributed by atoms with Crippen molar-refractivity contribution in [2.75, 3.05) is 36.0 Å². The van der Waals surface area contributed by atoms with Gasteiger partial charge in [-0.1, -0.05) is 42.5 Å². The lowest BCUT2D eigenvalue weighted by atomic mass is 10.1. The van der Waals surface area contributed by atoms with Crippen LogP contribution in [0.3, 0.4) is 0 Å². The van der Waals surface area contributed by atoms with Gasteiger partial charge in [-0.3, -0.25) is 19.4 Å². The van der Waals surface area contributed by atoms with E-state index >= 15 is 0 Å². The maximum atomic E-state index is 13.7. The van der Waals surface area contributed by atoms with Crippen LogP contribution in [0, 0.1) is 0 Å². The second-order valence-corrected chi connectivity index (χ2v) is 9.63. The summed E-state index contributed by atoms with van der Waals surface area (Å²) in [5.41, 5.74) is 3.45. The number of hydrogen-bond acceptors (Lipinski definition) is 9. The molecule has 0 N–H and O–H groups in total. The average molecular weight is 530 g/mol. The summed E-state index contributed by atoms with van der Waals surface area (Å²) in [6.07, 6.45) is 0.437. The van der Waals surface area contributed by atoms with Gasteiger partial charge in [0, 0.05) is 58.8 Å². The third-order valence-electron chi connectivity index (χ3n) is 6.91. The second-order valence-electron chi connectivity index (χ2n) is 9.63. The molecule has 1 aromatic heterocycles. The quantitative estimate of drug-likeness (QED) is 0.427. The molecule has 2 aromatic carbocycles. The van der Waals surface area contributed by atoms with E-state index in [0.29, 0.717) is 32.0 Å². The lowest BCUT2D eigenvalue weighted by Gasteiger charge is -2.37. The Bertz CT molecular complexity index is 1320. The number of nitrogens with zero attached hydrogens (tertiary/aromatic N) is 5. The van der Waals surface area contributed by atoms with Crippen LogP contribution in [-0.4, -0.2) is 65.0 Å². The van der Waals surface area contributed by atoms with Crippen LogP contribution in [0.5, 0.6) is 0 Å². The summed E-state index contributed by atoms with van der Waals surface area (Å²) in [5.74, 6) is -1.15. The van der Waals surface area contributed by atoms with Gasteiger partial charge in [0.2, 0.25) is 6.10 Å². The van der Waals surface area contributed by atoms with E-state index in [1.54, 1.807) is 11.1 Å². The molecule has 10 nitrogen and oxygen atoms in total. The zero-order valence-corrected chi connectivity index (χ0v) is 22.0. The van der Waals surface area contributed by atoms with Crippen molar-refractivity contribution in [1.82, 2.24) is 14.9 Å². The molecule has 1 amide bonds. The lowest BCUT2D eigenvalue weighted by molar-refractivity contribution is -0.175. The molecular formula is C29H31N5O5. The summed E-state index contributed by atoms with van der Waals surface area (Å²) in [7, 11) is 0. The van der Waals surface area contributed by atoms with Crippen molar-refractivity contribution in [3.8, 4) is 0 Å². The Labute approximate surface area is 227 Å². The van der Waals surface area contributed by atoms with E-state index in [1.165, 1.54) is 25.7 Å². The van der Waals surface area contributed by atoms with E-state index in [4.69, 9.17) is 14.5 Å². The topological polar surface area (TPSA) is 105 Å². The number of carbonyl (C=O) groups excluding carboxylic acids is 3. The van der Waals surface area contributed by atoms with Gasteiger partial charge < -0.3 is 24.2 Å². The van der Waals surface area contributed by atoms with Crippen LogP contribution < -0.4 is 9.80 Å². The van der Waals surface area contributed by atoms with Crippen molar-refractivity contribution in [3.63, 3.8) is 0 Å². The second kappa shape index (κ2) is 11.5. The first-order valence-electron chi connectivity index (χ1n) is 13.0. The van der Waals surface area contributed by atoms with Crippen molar-refractivity contribution in [2.24, 2.45) is 0 Å². The normalized spacial score (nSPS) is 16.3. The summed E-state index contributed by atoms with van der Waals surface area (Å²) in [4.78, 5) is 53.0. The van der Waals surface area contributed by atoms with Gasteiger partial charge in [0.15, 0.2) is 6.10 Å². The van der Waals surface area contributed by atoms with Gasteiger partial charge in [-0.05, 0) is 23.3 Å². The van der Waals surface area contributed by atoms with Gasteiger partial charge in [-0.15, -0.1) is 0 Å². The average Bonchev–Trinajstić information content (AvgIpc) is 3.39.